The summed E-state index contributed by atoms with van der Waals surface area (Å²) in [5, 5.41) is 6.78. The first-order valence-corrected chi connectivity index (χ1v) is 11.9. The normalized spacial score (nSPS) is 22.4. The van der Waals surface area contributed by atoms with Crippen molar-refractivity contribution in [3.8, 4) is 5.69 Å². The Labute approximate surface area is 195 Å². The van der Waals surface area contributed by atoms with Crippen molar-refractivity contribution in [2.24, 2.45) is 0 Å². The molecule has 0 spiro atoms. The zero-order valence-electron chi connectivity index (χ0n) is 19.5. The molecular weight excluding hydrogens is 414 g/mol. The Morgan fingerprint density at radius 2 is 1.91 bits per heavy atom. The van der Waals surface area contributed by atoms with Crippen molar-refractivity contribution in [1.29, 1.82) is 0 Å². The predicted molar refractivity (Wildman–Crippen MR) is 128 cm³/mol. The monoisotopic (exact) mass is 447 g/mol. The largest absolute Gasteiger partial charge is 0.380 e. The molecule has 0 amide bonds. The Kier molecular flexibility index (Phi) is 6.44. The van der Waals surface area contributed by atoms with Gasteiger partial charge in [-0.1, -0.05) is 30.3 Å². The van der Waals surface area contributed by atoms with Crippen molar-refractivity contribution in [1.82, 2.24) is 24.8 Å². The molecule has 0 radical (unpaired) electrons. The number of rotatable bonds is 9. The second kappa shape index (κ2) is 9.63. The third kappa shape index (κ3) is 4.81. The topological polar surface area (TPSA) is 66.4 Å². The second-order valence-electron chi connectivity index (χ2n) is 9.42. The molecule has 33 heavy (non-hydrogen) atoms. The van der Waals surface area contributed by atoms with Crippen molar-refractivity contribution in [2.45, 2.75) is 44.4 Å². The highest BCUT2D eigenvalue weighted by molar-refractivity contribution is 5.77. The van der Waals surface area contributed by atoms with Crippen LogP contribution in [0, 0.1) is 0 Å². The summed E-state index contributed by atoms with van der Waals surface area (Å²) in [5.41, 5.74) is 5.57. The van der Waals surface area contributed by atoms with Gasteiger partial charge in [0.1, 0.15) is 12.6 Å². The zero-order valence-corrected chi connectivity index (χ0v) is 19.5. The highest BCUT2D eigenvalue weighted by Gasteiger charge is 2.43. The molecule has 1 N–H and O–H groups in total. The van der Waals surface area contributed by atoms with E-state index in [1.807, 2.05) is 10.7 Å². The van der Waals surface area contributed by atoms with Gasteiger partial charge in [-0.2, -0.15) is 0 Å². The summed E-state index contributed by atoms with van der Waals surface area (Å²) in [6, 6.07) is 16.1. The first-order valence-electron chi connectivity index (χ1n) is 11.9. The molecule has 1 saturated heterocycles. The molecule has 174 valence electrons. The number of ether oxygens (including phenoxy) is 1. The van der Waals surface area contributed by atoms with E-state index in [0.29, 0.717) is 24.6 Å². The quantitative estimate of drug-likeness (QED) is 0.510. The standard InChI is InChI=1S/C26H33N5O2/c1-19(13-20-3-7-24(8-4-20)31-18-27-28-31)29-9-11-30(12-10-29)26-15-25(26)21-5-6-22(16-32)23(14-21)17-33-2/h3-8,14,16,18-19,25-26,28H,9-13,15,17H2,1-2H3. The summed E-state index contributed by atoms with van der Waals surface area (Å²) in [6.07, 6.45) is 4.99. The van der Waals surface area contributed by atoms with Crippen LogP contribution in [0.1, 0.15) is 46.3 Å². The van der Waals surface area contributed by atoms with Gasteiger partial charge in [0.25, 0.3) is 0 Å². The van der Waals surface area contributed by atoms with Crippen LogP contribution in [0.25, 0.3) is 5.69 Å². The van der Waals surface area contributed by atoms with Gasteiger partial charge in [0.05, 0.1) is 12.3 Å². The Morgan fingerprint density at radius 3 is 2.55 bits per heavy atom. The van der Waals surface area contributed by atoms with Crippen LogP contribution in [0.4, 0.5) is 0 Å². The van der Waals surface area contributed by atoms with Crippen molar-refractivity contribution in [3.05, 3.63) is 71.0 Å². The average Bonchev–Trinajstić information content (AvgIpc) is 3.60. The number of benzene rings is 2. The molecule has 3 atom stereocenters. The van der Waals surface area contributed by atoms with Gasteiger partial charge in [-0.3, -0.25) is 14.6 Å². The number of aldehydes is 1. The molecule has 0 bridgehead atoms. The minimum atomic E-state index is 0.488. The highest BCUT2D eigenvalue weighted by atomic mass is 16.5. The molecule has 3 unspecified atom stereocenters. The van der Waals surface area contributed by atoms with Crippen LogP contribution in [0.5, 0.6) is 0 Å². The molecular formula is C26H33N5O2. The number of methoxy groups -OCH3 is 1. The van der Waals surface area contributed by atoms with Crippen molar-refractivity contribution in [2.75, 3.05) is 33.3 Å². The van der Waals surface area contributed by atoms with Crippen LogP contribution in [0.2, 0.25) is 0 Å². The maximum atomic E-state index is 11.3. The number of hydrogen-bond acceptors (Lipinski definition) is 5. The van der Waals surface area contributed by atoms with Crippen LogP contribution < -0.4 is 0 Å². The molecule has 7 nitrogen and oxygen atoms in total. The molecule has 2 aromatic carbocycles. The number of hydrogen-bond donors (Lipinski definition) is 1. The van der Waals surface area contributed by atoms with E-state index >= 15 is 0 Å². The molecule has 5 rings (SSSR count). The number of nitrogens with one attached hydrogen (secondary N) is 1. The van der Waals surface area contributed by atoms with Gasteiger partial charge in [-0.05, 0) is 48.6 Å². The molecule has 2 fully saturated rings. The van der Waals surface area contributed by atoms with E-state index in [1.165, 1.54) is 17.5 Å². The lowest BCUT2D eigenvalue weighted by molar-refractivity contribution is 0.0961. The maximum absolute atomic E-state index is 11.3. The first kappa shape index (κ1) is 22.1. The van der Waals surface area contributed by atoms with Gasteiger partial charge in [0.2, 0.25) is 0 Å². The van der Waals surface area contributed by atoms with E-state index in [1.54, 1.807) is 13.4 Å². The van der Waals surface area contributed by atoms with Gasteiger partial charge in [-0.25, -0.2) is 9.90 Å². The fourth-order valence-corrected chi connectivity index (χ4v) is 5.21. The minimum absolute atomic E-state index is 0.488. The minimum Gasteiger partial charge on any atom is -0.380 e. The third-order valence-corrected chi connectivity index (χ3v) is 7.30. The summed E-state index contributed by atoms with van der Waals surface area (Å²) >= 11 is 0. The summed E-state index contributed by atoms with van der Waals surface area (Å²) in [4.78, 5) is 16.6. The van der Waals surface area contributed by atoms with Crippen LogP contribution in [0.15, 0.2) is 48.8 Å². The van der Waals surface area contributed by atoms with E-state index in [4.69, 9.17) is 4.74 Å². The van der Waals surface area contributed by atoms with Crippen LogP contribution >= 0.6 is 0 Å². The predicted octanol–water partition coefficient (Wildman–Crippen LogP) is 3.26. The van der Waals surface area contributed by atoms with Crippen molar-refractivity contribution >= 4 is 6.29 Å². The number of carbonyl (C=O) groups excluding carboxylic acids is 1. The summed E-state index contributed by atoms with van der Waals surface area (Å²) in [5.74, 6) is 0.578. The number of aromatic nitrogens is 3. The summed E-state index contributed by atoms with van der Waals surface area (Å²) in [6.45, 7) is 7.33. The van der Waals surface area contributed by atoms with Gasteiger partial charge < -0.3 is 4.74 Å². The van der Waals surface area contributed by atoms with Gasteiger partial charge in [-0.15, -0.1) is 5.10 Å². The molecule has 7 heteroatoms. The van der Waals surface area contributed by atoms with E-state index in [9.17, 15) is 4.79 Å². The average molecular weight is 448 g/mol. The van der Waals surface area contributed by atoms with E-state index in [0.717, 1.165) is 55.7 Å². The lowest BCUT2D eigenvalue weighted by atomic mass is 10.0. The number of H-pyrrole nitrogens is 1. The van der Waals surface area contributed by atoms with E-state index in [-0.39, 0.29) is 0 Å². The van der Waals surface area contributed by atoms with Gasteiger partial charge in [0.15, 0.2) is 0 Å². The number of carbonyl (C=O) groups is 1. The maximum Gasteiger partial charge on any atom is 0.150 e. The smallest absolute Gasteiger partial charge is 0.150 e. The summed E-state index contributed by atoms with van der Waals surface area (Å²) < 4.78 is 7.19. The van der Waals surface area contributed by atoms with Crippen LogP contribution in [-0.4, -0.2) is 76.5 Å². The summed E-state index contributed by atoms with van der Waals surface area (Å²) in [7, 11) is 1.68. The van der Waals surface area contributed by atoms with Crippen LogP contribution in [0.3, 0.4) is 0 Å². The van der Waals surface area contributed by atoms with E-state index in [2.05, 4.69) is 63.4 Å². The van der Waals surface area contributed by atoms with Crippen LogP contribution in [-0.2, 0) is 17.8 Å². The SMILES string of the molecule is COCc1cc(C2CC2N2CCN(C(C)Cc3ccc(-n4cn[nH]4)cc3)CC2)ccc1C=O. The van der Waals surface area contributed by atoms with Gasteiger partial charge >= 0.3 is 0 Å². The van der Waals surface area contributed by atoms with Gasteiger partial charge in [0, 0.05) is 56.9 Å². The lowest BCUT2D eigenvalue weighted by Gasteiger charge is -2.38. The molecule has 2 heterocycles. The Morgan fingerprint density at radius 1 is 1.15 bits per heavy atom. The van der Waals surface area contributed by atoms with Crippen molar-refractivity contribution < 1.29 is 9.53 Å². The lowest BCUT2D eigenvalue weighted by Crippen LogP contribution is -2.50. The molecule has 3 aromatic rings. The van der Waals surface area contributed by atoms with Crippen molar-refractivity contribution in [3.63, 3.8) is 0 Å². The molecule has 1 aliphatic heterocycles. The van der Waals surface area contributed by atoms with E-state index < -0.39 is 0 Å². The third-order valence-electron chi connectivity index (χ3n) is 7.30. The molecule has 2 aliphatic rings. The fraction of sp³-hybridized carbons (Fsp3) is 0.462. The molecule has 1 aliphatic carbocycles. The number of piperazine rings is 1. The Balaban J connectivity index is 1.12. The Hall–Kier alpha value is -2.74. The highest BCUT2D eigenvalue weighted by Crippen LogP contribution is 2.45. The fourth-order valence-electron chi connectivity index (χ4n) is 5.21. The Bertz CT molecular complexity index is 1060. The zero-order chi connectivity index (χ0) is 22.8. The number of nitrogens with zero attached hydrogens (tertiary/aromatic N) is 4. The first-order chi connectivity index (χ1) is 16.2. The molecule has 1 aromatic heterocycles. The number of aromatic amines is 1. The second-order valence-corrected chi connectivity index (χ2v) is 9.42. The molecule has 1 saturated carbocycles.